The van der Waals surface area contributed by atoms with Gasteiger partial charge in [-0.15, -0.1) is 10.2 Å². The number of nitrogens with one attached hydrogen (secondary N) is 3. The standard InChI is InChI=1S/C35H47N11O7/c1-2-3-21-52-35(51)44-19-17-43(18-20-44)34(50)26(14-15-29-38-41-42-39-29)37-32(48)27-22-31(46(40-27)25-11-5-4-6-12-25)53-23-30(47)45-16-8-13-28(45)33(49)36-24-9-7-10-24/h4-6,11-12,22,24,26,28H,2-3,7-10,13-21,23H2,1H3,(H,36,49)(H,37,48)(H,38,39,41,42). The number of H-pyrrole nitrogens is 1. The van der Waals surface area contributed by atoms with Crippen LogP contribution in [0.1, 0.15) is 74.6 Å². The van der Waals surface area contributed by atoms with Gasteiger partial charge in [-0.25, -0.2) is 9.48 Å². The molecule has 5 amide bonds. The third-order valence-corrected chi connectivity index (χ3v) is 9.80. The number of likely N-dealkylation sites (tertiary alicyclic amines) is 1. The summed E-state index contributed by atoms with van der Waals surface area (Å²) in [5.74, 6) is -0.916. The molecule has 53 heavy (non-hydrogen) atoms. The molecule has 3 fully saturated rings. The van der Waals surface area contributed by atoms with Gasteiger partial charge in [0, 0.05) is 51.3 Å². The number of aromatic amines is 1. The first-order valence-corrected chi connectivity index (χ1v) is 18.4. The summed E-state index contributed by atoms with van der Waals surface area (Å²) in [7, 11) is 0. The van der Waals surface area contributed by atoms with Gasteiger partial charge in [0.25, 0.3) is 11.8 Å². The Morgan fingerprint density at radius 1 is 0.981 bits per heavy atom. The van der Waals surface area contributed by atoms with Gasteiger partial charge < -0.3 is 34.8 Å². The van der Waals surface area contributed by atoms with Crippen molar-refractivity contribution in [3.8, 4) is 11.6 Å². The van der Waals surface area contributed by atoms with Crippen LogP contribution in [0.5, 0.6) is 5.88 Å². The number of aryl methyl sites for hydroxylation is 1. The first kappa shape index (κ1) is 37.2. The number of benzene rings is 1. The molecule has 2 unspecified atom stereocenters. The topological polar surface area (TPSA) is 210 Å². The van der Waals surface area contributed by atoms with Crippen molar-refractivity contribution >= 4 is 29.7 Å². The second-order valence-corrected chi connectivity index (χ2v) is 13.5. The molecule has 0 bridgehead atoms. The average molecular weight is 734 g/mol. The van der Waals surface area contributed by atoms with E-state index in [4.69, 9.17) is 9.47 Å². The zero-order valence-corrected chi connectivity index (χ0v) is 29.9. The summed E-state index contributed by atoms with van der Waals surface area (Å²) in [4.78, 5) is 71.1. The number of hydrogen-bond acceptors (Lipinski definition) is 11. The Morgan fingerprint density at radius 2 is 1.75 bits per heavy atom. The van der Waals surface area contributed by atoms with Crippen molar-refractivity contribution in [1.29, 1.82) is 0 Å². The fourth-order valence-electron chi connectivity index (χ4n) is 6.51. The summed E-state index contributed by atoms with van der Waals surface area (Å²) in [5, 5.41) is 24.3. The molecular weight excluding hydrogens is 686 g/mol. The van der Waals surface area contributed by atoms with Crippen molar-refractivity contribution in [3.05, 3.63) is 47.9 Å². The van der Waals surface area contributed by atoms with E-state index in [0.29, 0.717) is 50.6 Å². The molecule has 2 saturated heterocycles. The predicted octanol–water partition coefficient (Wildman–Crippen LogP) is 1.24. The summed E-state index contributed by atoms with van der Waals surface area (Å²) >= 11 is 0. The first-order valence-electron chi connectivity index (χ1n) is 18.4. The van der Waals surface area contributed by atoms with E-state index in [9.17, 15) is 24.0 Å². The van der Waals surface area contributed by atoms with Crippen LogP contribution in [-0.2, 0) is 25.5 Å². The monoisotopic (exact) mass is 733 g/mol. The van der Waals surface area contributed by atoms with Crippen molar-refractivity contribution in [2.45, 2.75) is 82.8 Å². The highest BCUT2D eigenvalue weighted by atomic mass is 16.6. The normalized spacial score (nSPS) is 17.9. The maximum Gasteiger partial charge on any atom is 0.409 e. The Bertz CT molecular complexity index is 1710. The molecule has 1 aliphatic carbocycles. The second-order valence-electron chi connectivity index (χ2n) is 13.5. The van der Waals surface area contributed by atoms with Crippen LogP contribution in [0.3, 0.4) is 0 Å². The van der Waals surface area contributed by atoms with Crippen molar-refractivity contribution in [2.75, 3.05) is 45.9 Å². The van der Waals surface area contributed by atoms with Crippen LogP contribution in [-0.4, -0.2) is 139 Å². The van der Waals surface area contributed by atoms with Crippen molar-refractivity contribution in [2.24, 2.45) is 0 Å². The average Bonchev–Trinajstić information content (AvgIpc) is 3.96. The zero-order valence-electron chi connectivity index (χ0n) is 29.9. The minimum absolute atomic E-state index is 0.0350. The molecule has 3 aliphatic rings. The number of carbonyl (C=O) groups excluding carboxylic acids is 5. The number of unbranched alkanes of at least 4 members (excludes halogenated alkanes) is 1. The molecule has 6 rings (SSSR count). The van der Waals surface area contributed by atoms with Crippen LogP contribution >= 0.6 is 0 Å². The molecule has 2 atom stereocenters. The van der Waals surface area contributed by atoms with Crippen molar-refractivity contribution in [3.63, 3.8) is 0 Å². The van der Waals surface area contributed by atoms with E-state index < -0.39 is 24.1 Å². The predicted molar refractivity (Wildman–Crippen MR) is 188 cm³/mol. The largest absolute Gasteiger partial charge is 0.467 e. The quantitative estimate of drug-likeness (QED) is 0.189. The molecule has 284 valence electrons. The number of aromatic nitrogens is 6. The highest BCUT2D eigenvalue weighted by molar-refractivity contribution is 5.96. The Morgan fingerprint density at radius 3 is 2.45 bits per heavy atom. The molecule has 2 aromatic heterocycles. The lowest BCUT2D eigenvalue weighted by atomic mass is 9.93. The lowest BCUT2D eigenvalue weighted by molar-refractivity contribution is -0.140. The van der Waals surface area contributed by atoms with Crippen LogP contribution in [0.4, 0.5) is 4.79 Å². The molecule has 1 aromatic carbocycles. The smallest absolute Gasteiger partial charge is 0.409 e. The Balaban J connectivity index is 1.13. The van der Waals surface area contributed by atoms with Gasteiger partial charge in [-0.1, -0.05) is 36.8 Å². The van der Waals surface area contributed by atoms with Gasteiger partial charge in [-0.2, -0.15) is 10.3 Å². The number of para-hydroxylation sites is 1. The summed E-state index contributed by atoms with van der Waals surface area (Å²) in [5.41, 5.74) is 0.552. The van der Waals surface area contributed by atoms with Gasteiger partial charge in [0.1, 0.15) is 12.1 Å². The lowest BCUT2D eigenvalue weighted by Gasteiger charge is -2.36. The van der Waals surface area contributed by atoms with Gasteiger partial charge >= 0.3 is 6.09 Å². The maximum atomic E-state index is 13.9. The van der Waals surface area contributed by atoms with Gasteiger partial charge in [0.05, 0.1) is 12.3 Å². The highest BCUT2D eigenvalue weighted by Crippen LogP contribution is 2.24. The lowest BCUT2D eigenvalue weighted by Crippen LogP contribution is -2.56. The molecule has 2 aliphatic heterocycles. The summed E-state index contributed by atoms with van der Waals surface area (Å²) in [6, 6.07) is 9.07. The second kappa shape index (κ2) is 17.8. The van der Waals surface area contributed by atoms with E-state index in [1.807, 2.05) is 13.0 Å². The van der Waals surface area contributed by atoms with Crippen molar-refractivity contribution < 1.29 is 33.4 Å². The molecule has 0 spiro atoms. The van der Waals surface area contributed by atoms with Crippen molar-refractivity contribution in [1.82, 2.24) is 55.7 Å². The van der Waals surface area contributed by atoms with Gasteiger partial charge in [0.2, 0.25) is 17.7 Å². The van der Waals surface area contributed by atoms with Gasteiger partial charge in [-0.05, 0) is 57.1 Å². The molecule has 3 aromatic rings. The summed E-state index contributed by atoms with van der Waals surface area (Å²) < 4.78 is 12.7. The number of piperazine rings is 1. The maximum absolute atomic E-state index is 13.9. The van der Waals surface area contributed by atoms with Crippen LogP contribution < -0.4 is 15.4 Å². The van der Waals surface area contributed by atoms with E-state index >= 15 is 0 Å². The van der Waals surface area contributed by atoms with Crippen LogP contribution in [0.2, 0.25) is 0 Å². The molecule has 4 heterocycles. The third-order valence-electron chi connectivity index (χ3n) is 9.80. The van der Waals surface area contributed by atoms with E-state index in [1.165, 1.54) is 10.7 Å². The molecule has 0 radical (unpaired) electrons. The van der Waals surface area contributed by atoms with E-state index in [0.717, 1.165) is 32.1 Å². The molecular formula is C35H47N11O7. The Kier molecular flexibility index (Phi) is 12.5. The van der Waals surface area contributed by atoms with Gasteiger partial charge in [0.15, 0.2) is 18.1 Å². The number of amides is 5. The molecule has 18 heteroatoms. The van der Waals surface area contributed by atoms with E-state index in [-0.39, 0.29) is 67.9 Å². The third kappa shape index (κ3) is 9.47. The zero-order chi connectivity index (χ0) is 37.2. The van der Waals surface area contributed by atoms with Crippen LogP contribution in [0.25, 0.3) is 5.69 Å². The molecule has 18 nitrogen and oxygen atoms in total. The highest BCUT2D eigenvalue weighted by Gasteiger charge is 2.36. The molecule has 1 saturated carbocycles. The number of nitrogens with zero attached hydrogens (tertiary/aromatic N) is 8. The summed E-state index contributed by atoms with van der Waals surface area (Å²) in [6.07, 6.45) is 6.01. The number of ether oxygens (including phenoxy) is 2. The number of hydrogen-bond donors (Lipinski definition) is 3. The van der Waals surface area contributed by atoms with Crippen LogP contribution in [0, 0.1) is 0 Å². The SMILES string of the molecule is CCCCOC(=O)N1CCN(C(=O)C(CCc2nn[nH]n2)NC(=O)c2cc(OCC(=O)N3CCCC3C(=O)NC3CCC3)n(-c3ccccc3)n2)CC1. The number of carbonyl (C=O) groups is 5. The number of rotatable bonds is 15. The minimum Gasteiger partial charge on any atom is -0.467 e. The Labute approximate surface area is 306 Å². The van der Waals surface area contributed by atoms with Gasteiger partial charge in [-0.3, -0.25) is 19.2 Å². The van der Waals surface area contributed by atoms with E-state index in [2.05, 4.69) is 36.4 Å². The Hall–Kier alpha value is -5.55. The van der Waals surface area contributed by atoms with Crippen LogP contribution in [0.15, 0.2) is 36.4 Å². The fourth-order valence-corrected chi connectivity index (χ4v) is 6.51. The minimum atomic E-state index is -0.977. The van der Waals surface area contributed by atoms with E-state index in [1.54, 1.807) is 39.0 Å². The number of tetrazole rings is 1. The fraction of sp³-hybridized carbons (Fsp3) is 0.571. The summed E-state index contributed by atoms with van der Waals surface area (Å²) in [6.45, 7) is 3.58. The molecule has 3 N–H and O–H groups in total. The first-order chi connectivity index (χ1) is 25.8.